The Morgan fingerprint density at radius 3 is 1.91 bits per heavy atom. The first kappa shape index (κ1) is 7.62. The van der Waals surface area contributed by atoms with Gasteiger partial charge in [0, 0.05) is 12.1 Å². The number of rotatable bonds is 0. The Hall–Kier alpha value is -0.0151. The van der Waals surface area contributed by atoms with Gasteiger partial charge in [0.1, 0.15) is 0 Å². The highest BCUT2D eigenvalue weighted by Gasteiger charge is 2.37. The molecule has 2 nitrogen and oxygen atoms in total. The van der Waals surface area contributed by atoms with Crippen LogP contribution in [0.4, 0.5) is 0 Å². The molecule has 1 radical (unpaired) electrons. The lowest BCUT2D eigenvalue weighted by Crippen LogP contribution is -2.37. The molecule has 2 atom stereocenters. The predicted octanol–water partition coefficient (Wildman–Crippen LogP) is 0.709. The van der Waals surface area contributed by atoms with Crippen LogP contribution in [-0.4, -0.2) is 43.4 Å². The van der Waals surface area contributed by atoms with Crippen molar-refractivity contribution >= 4 is 7.55 Å². The second-order valence-electron chi connectivity index (χ2n) is 3.87. The summed E-state index contributed by atoms with van der Waals surface area (Å²) in [6, 6.07) is 1.63. The van der Waals surface area contributed by atoms with Crippen molar-refractivity contribution < 1.29 is 0 Å². The summed E-state index contributed by atoms with van der Waals surface area (Å²) in [6.45, 7) is 0. The van der Waals surface area contributed by atoms with Crippen molar-refractivity contribution in [2.24, 2.45) is 0 Å². The molecule has 61 valence electrons. The van der Waals surface area contributed by atoms with Crippen LogP contribution in [0, 0.1) is 0 Å². The molecule has 0 spiro atoms. The van der Waals surface area contributed by atoms with Crippen molar-refractivity contribution in [2.75, 3.05) is 14.1 Å². The zero-order valence-electron chi connectivity index (χ0n) is 7.45. The molecule has 2 fully saturated rings. The Balaban J connectivity index is 2.07. The van der Waals surface area contributed by atoms with Gasteiger partial charge in [-0.15, -0.1) is 0 Å². The molecule has 3 heteroatoms. The van der Waals surface area contributed by atoms with E-state index in [0.717, 1.165) is 12.1 Å². The molecule has 0 unspecified atom stereocenters. The normalized spacial score (nSPS) is 40.2. The van der Waals surface area contributed by atoms with Gasteiger partial charge in [0.25, 0.3) is 0 Å². The van der Waals surface area contributed by atoms with Crippen molar-refractivity contribution in [2.45, 2.75) is 37.8 Å². The largest absolute Gasteiger partial charge is 0.331 e. The van der Waals surface area contributed by atoms with E-state index in [0.29, 0.717) is 0 Å². The minimum absolute atomic E-state index is 0.814. The lowest BCUT2D eigenvalue weighted by Gasteiger charge is -2.31. The summed E-state index contributed by atoms with van der Waals surface area (Å²) in [6.07, 6.45) is 5.63. The summed E-state index contributed by atoms with van der Waals surface area (Å²) < 4.78 is 0. The quantitative estimate of drug-likeness (QED) is 0.470. The number of fused-ring (bicyclic) bond motifs is 1. The van der Waals surface area contributed by atoms with Gasteiger partial charge < -0.3 is 9.62 Å². The Labute approximate surface area is 69.8 Å². The fourth-order valence-electron chi connectivity index (χ4n) is 2.50. The van der Waals surface area contributed by atoms with Gasteiger partial charge in [-0.25, -0.2) is 0 Å². The predicted molar refractivity (Wildman–Crippen MR) is 47.3 cm³/mol. The van der Waals surface area contributed by atoms with Gasteiger partial charge in [-0.3, -0.25) is 0 Å². The Bertz CT molecular complexity index is 135. The first-order chi connectivity index (χ1) is 5.29. The molecule has 0 aromatic rings. The molecule has 2 rings (SSSR count). The van der Waals surface area contributed by atoms with Crippen LogP contribution in [0.5, 0.6) is 0 Å². The monoisotopic (exact) mass is 151 g/mol. The van der Waals surface area contributed by atoms with E-state index in [1.807, 2.05) is 0 Å². The molecular weight excluding hydrogens is 135 g/mol. The van der Waals surface area contributed by atoms with E-state index in [1.165, 1.54) is 25.7 Å². The van der Waals surface area contributed by atoms with Gasteiger partial charge in [0.05, 0.1) is 0 Å². The van der Waals surface area contributed by atoms with E-state index in [1.54, 1.807) is 0 Å². The van der Waals surface area contributed by atoms with Crippen molar-refractivity contribution in [3.63, 3.8) is 0 Å². The first-order valence-electron chi connectivity index (χ1n) is 4.58. The average molecular weight is 151 g/mol. The van der Waals surface area contributed by atoms with Crippen LogP contribution in [0.2, 0.25) is 0 Å². The van der Waals surface area contributed by atoms with Crippen LogP contribution < -0.4 is 0 Å². The topological polar surface area (TPSA) is 6.48 Å². The molecule has 0 aromatic heterocycles. The van der Waals surface area contributed by atoms with Crippen molar-refractivity contribution in [1.82, 2.24) is 9.62 Å². The molecule has 0 bridgehead atoms. The van der Waals surface area contributed by atoms with Crippen molar-refractivity contribution in [1.29, 1.82) is 0 Å². The lowest BCUT2D eigenvalue weighted by atomic mass is 9.91. The van der Waals surface area contributed by atoms with Crippen LogP contribution in [-0.2, 0) is 0 Å². The Morgan fingerprint density at radius 1 is 1.00 bits per heavy atom. The van der Waals surface area contributed by atoms with E-state index in [-0.39, 0.29) is 0 Å². The second-order valence-corrected chi connectivity index (χ2v) is 3.87. The van der Waals surface area contributed by atoms with Crippen LogP contribution in [0.25, 0.3) is 0 Å². The zero-order chi connectivity index (χ0) is 7.84. The SMILES string of the molecule is CN1[B]N(C)[C@@H]2CCCC[C@H]21. The molecule has 1 saturated heterocycles. The van der Waals surface area contributed by atoms with Gasteiger partial charge in [-0.05, 0) is 26.9 Å². The van der Waals surface area contributed by atoms with Gasteiger partial charge in [0.15, 0.2) is 0 Å². The third-order valence-electron chi connectivity index (χ3n) is 3.10. The summed E-state index contributed by atoms with van der Waals surface area (Å²) in [5.41, 5.74) is 0. The molecule has 1 heterocycles. The van der Waals surface area contributed by atoms with Gasteiger partial charge in [-0.2, -0.15) is 0 Å². The summed E-state index contributed by atoms with van der Waals surface area (Å²) in [4.78, 5) is 4.76. The first-order valence-corrected chi connectivity index (χ1v) is 4.58. The Kier molecular flexibility index (Phi) is 1.94. The molecule has 11 heavy (non-hydrogen) atoms. The van der Waals surface area contributed by atoms with Crippen LogP contribution in [0.3, 0.4) is 0 Å². The summed E-state index contributed by atoms with van der Waals surface area (Å²) in [5, 5.41) is 0. The smallest absolute Gasteiger partial charge is 0.313 e. The summed E-state index contributed by atoms with van der Waals surface area (Å²) in [7, 11) is 6.65. The number of hydrogen-bond acceptors (Lipinski definition) is 2. The fraction of sp³-hybridized carbons (Fsp3) is 1.00. The molecular formula is C8H16BN2. The van der Waals surface area contributed by atoms with E-state index < -0.39 is 0 Å². The lowest BCUT2D eigenvalue weighted by molar-refractivity contribution is 0.233. The molecule has 1 aliphatic carbocycles. The number of hydrogen-bond donors (Lipinski definition) is 0. The van der Waals surface area contributed by atoms with Crippen molar-refractivity contribution in [3.05, 3.63) is 0 Å². The third-order valence-corrected chi connectivity index (χ3v) is 3.10. The molecule has 0 N–H and O–H groups in total. The number of likely N-dealkylation sites (N-methyl/N-ethyl adjacent to an activating group) is 2. The van der Waals surface area contributed by atoms with Gasteiger partial charge in [-0.1, -0.05) is 12.8 Å². The summed E-state index contributed by atoms with van der Waals surface area (Å²) >= 11 is 0. The van der Waals surface area contributed by atoms with Gasteiger partial charge >= 0.3 is 7.55 Å². The molecule has 2 aliphatic rings. The Morgan fingerprint density at radius 2 is 1.45 bits per heavy atom. The number of nitrogens with zero attached hydrogens (tertiary/aromatic N) is 2. The van der Waals surface area contributed by atoms with Crippen molar-refractivity contribution in [3.8, 4) is 0 Å². The van der Waals surface area contributed by atoms with E-state index >= 15 is 0 Å². The fourth-order valence-corrected chi connectivity index (χ4v) is 2.50. The minimum Gasteiger partial charge on any atom is -0.331 e. The maximum Gasteiger partial charge on any atom is 0.313 e. The maximum absolute atomic E-state index is 2.38. The second kappa shape index (κ2) is 2.79. The molecule has 0 amide bonds. The molecule has 1 saturated carbocycles. The third kappa shape index (κ3) is 1.21. The average Bonchev–Trinajstić information content (AvgIpc) is 2.30. The van der Waals surface area contributed by atoms with Crippen LogP contribution in [0.1, 0.15) is 25.7 Å². The highest BCUT2D eigenvalue weighted by atomic mass is 15.3. The summed E-state index contributed by atoms with van der Waals surface area (Å²) in [5.74, 6) is 0. The minimum atomic E-state index is 0.814. The van der Waals surface area contributed by atoms with E-state index in [2.05, 4.69) is 31.3 Å². The maximum atomic E-state index is 2.38. The zero-order valence-corrected chi connectivity index (χ0v) is 7.45. The van der Waals surface area contributed by atoms with E-state index in [9.17, 15) is 0 Å². The van der Waals surface area contributed by atoms with Crippen LogP contribution in [0.15, 0.2) is 0 Å². The standard InChI is InChI=1S/C8H16BN2/c1-10-7-5-3-4-6-8(7)11(2)9-10/h7-8H,3-6H2,1-2H3/t7-,8-/m1/s1. The van der Waals surface area contributed by atoms with Crippen LogP contribution >= 0.6 is 0 Å². The highest BCUT2D eigenvalue weighted by Crippen LogP contribution is 2.29. The van der Waals surface area contributed by atoms with Gasteiger partial charge in [0.2, 0.25) is 0 Å². The molecule has 1 aliphatic heterocycles. The highest BCUT2D eigenvalue weighted by molar-refractivity contribution is 6.29. The van der Waals surface area contributed by atoms with E-state index in [4.69, 9.17) is 0 Å². The molecule has 0 aromatic carbocycles.